The van der Waals surface area contributed by atoms with E-state index in [2.05, 4.69) is 9.98 Å². The van der Waals surface area contributed by atoms with Gasteiger partial charge in [0.15, 0.2) is 5.51 Å². The second-order valence-corrected chi connectivity index (χ2v) is 2.56. The molecule has 3 heteroatoms. The van der Waals surface area contributed by atoms with Crippen molar-refractivity contribution >= 4 is 29.4 Å². The minimum Gasteiger partial charge on any atom is -0.0892 e. The molecule has 1 radical (unpaired) electrons. The van der Waals surface area contributed by atoms with E-state index in [1.165, 1.54) is 0 Å². The van der Waals surface area contributed by atoms with Crippen molar-refractivity contribution in [1.29, 1.82) is 0 Å². The summed E-state index contributed by atoms with van der Waals surface area (Å²) < 4.78 is 0. The van der Waals surface area contributed by atoms with Crippen LogP contribution in [0, 0.1) is 0 Å². The molecule has 1 aromatic heterocycles. The second kappa shape index (κ2) is 1.77. The quantitative estimate of drug-likeness (QED) is 0.526. The number of rotatable bonds is 0. The molecule has 0 fully saturated rings. The number of thiazole rings is 1. The predicted molar refractivity (Wildman–Crippen MR) is 39.0 cm³/mol. The Morgan fingerprint density at radius 2 is 2.56 bits per heavy atom. The first kappa shape index (κ1) is 4.88. The summed E-state index contributed by atoms with van der Waals surface area (Å²) in [5.41, 5.74) is 1.80. The van der Waals surface area contributed by atoms with Crippen molar-refractivity contribution in [3.63, 3.8) is 0 Å². The zero-order chi connectivity index (χ0) is 6.10. The normalized spacial score (nSPS) is 13.8. The lowest BCUT2D eigenvalue weighted by Gasteiger charge is -1.80. The lowest BCUT2D eigenvalue weighted by Crippen LogP contribution is -1.87. The predicted octanol–water partition coefficient (Wildman–Crippen LogP) is 1.21. The number of hydrogen-bond acceptors (Lipinski definition) is 3. The standard InChI is InChI=1S/C6H4N2S/c1-2-5-6(7-3-1)8-4-9-5/h1-4H/q+1. The number of nitrogens with zero attached hydrogens (tertiary/aromatic N) is 2. The van der Waals surface area contributed by atoms with Gasteiger partial charge in [-0.25, -0.2) is 0 Å². The van der Waals surface area contributed by atoms with Gasteiger partial charge in [-0.2, -0.15) is 0 Å². The van der Waals surface area contributed by atoms with Crippen LogP contribution in [0.4, 0.5) is 5.82 Å². The van der Waals surface area contributed by atoms with Crippen LogP contribution < -0.4 is 4.99 Å². The molecule has 43 valence electrons. The van der Waals surface area contributed by atoms with Crippen molar-refractivity contribution < 1.29 is 0 Å². The molecule has 0 N–H and O–H groups in total. The van der Waals surface area contributed by atoms with E-state index in [4.69, 9.17) is 0 Å². The lowest BCUT2D eigenvalue weighted by atomic mass is 10.4. The number of hydrogen-bond donors (Lipinski definition) is 0. The minimum atomic E-state index is 0.850. The SMILES string of the molecule is C1=Cc2scnc2[N+]=C1. The molecule has 2 rings (SSSR count). The number of fused-ring (bicyclic) bond motifs is 1. The molecule has 0 saturated heterocycles. The summed E-state index contributed by atoms with van der Waals surface area (Å²) >= 11 is 1.61. The fraction of sp³-hybridized carbons (Fsp3) is 0. The third-order valence-electron chi connectivity index (χ3n) is 1.11. The maximum Gasteiger partial charge on any atom is 0.382 e. The Morgan fingerprint density at radius 1 is 1.56 bits per heavy atom. The molecule has 0 aromatic carbocycles. The Hall–Kier alpha value is -0.960. The average Bonchev–Trinajstić information content (AvgIpc) is 2.33. The second-order valence-electron chi connectivity index (χ2n) is 1.68. The Bertz CT molecular complexity index is 246. The zero-order valence-corrected chi connectivity index (χ0v) is 5.43. The molecule has 0 unspecified atom stereocenters. The van der Waals surface area contributed by atoms with Gasteiger partial charge < -0.3 is 0 Å². The molecule has 0 atom stereocenters. The molecule has 1 aromatic rings. The van der Waals surface area contributed by atoms with E-state index in [1.807, 2.05) is 12.2 Å². The van der Waals surface area contributed by atoms with Crippen molar-refractivity contribution in [2.24, 2.45) is 0 Å². The van der Waals surface area contributed by atoms with Crippen molar-refractivity contribution in [3.8, 4) is 0 Å². The van der Waals surface area contributed by atoms with E-state index < -0.39 is 0 Å². The fourth-order valence-corrected chi connectivity index (χ4v) is 1.34. The van der Waals surface area contributed by atoms with Gasteiger partial charge in [0, 0.05) is 0 Å². The Labute approximate surface area is 56.6 Å². The van der Waals surface area contributed by atoms with Crippen molar-refractivity contribution in [1.82, 2.24) is 9.98 Å². The third kappa shape index (κ3) is 0.695. The molecule has 1 aliphatic heterocycles. The maximum atomic E-state index is 4.04. The van der Waals surface area contributed by atoms with Crippen LogP contribution in [0.25, 0.3) is 6.08 Å². The van der Waals surface area contributed by atoms with Gasteiger partial charge in [-0.1, -0.05) is 11.3 Å². The van der Waals surface area contributed by atoms with Crippen LogP contribution in [0.2, 0.25) is 0 Å². The average molecular weight is 136 g/mol. The van der Waals surface area contributed by atoms with Gasteiger partial charge in [0.2, 0.25) is 0 Å². The van der Waals surface area contributed by atoms with Gasteiger partial charge in [-0.3, -0.25) is 0 Å². The first-order chi connectivity index (χ1) is 4.47. The highest BCUT2D eigenvalue weighted by Gasteiger charge is 2.13. The summed E-state index contributed by atoms with van der Waals surface area (Å²) in [7, 11) is 0. The molecular formula is C6H4N2S+. The summed E-state index contributed by atoms with van der Waals surface area (Å²) in [5.74, 6) is 0.850. The van der Waals surface area contributed by atoms with E-state index in [0.717, 1.165) is 10.7 Å². The minimum absolute atomic E-state index is 0.850. The van der Waals surface area contributed by atoms with Gasteiger partial charge in [0.05, 0.1) is 0 Å². The van der Waals surface area contributed by atoms with E-state index in [9.17, 15) is 0 Å². The van der Waals surface area contributed by atoms with Crippen molar-refractivity contribution in [2.75, 3.05) is 0 Å². The molecule has 0 saturated carbocycles. The summed E-state index contributed by atoms with van der Waals surface area (Å²) in [5, 5.41) is 0. The Kier molecular flexibility index (Phi) is 0.960. The van der Waals surface area contributed by atoms with Gasteiger partial charge in [-0.15, -0.1) is 0 Å². The van der Waals surface area contributed by atoms with Crippen LogP contribution in [-0.4, -0.2) is 11.2 Å². The van der Waals surface area contributed by atoms with Crippen molar-refractivity contribution in [2.45, 2.75) is 0 Å². The molecule has 0 amide bonds. The highest BCUT2D eigenvalue weighted by Crippen LogP contribution is 2.19. The summed E-state index contributed by atoms with van der Waals surface area (Å²) in [4.78, 5) is 9.22. The maximum absolute atomic E-state index is 4.04. The van der Waals surface area contributed by atoms with Gasteiger partial charge >= 0.3 is 5.82 Å². The van der Waals surface area contributed by atoms with Gasteiger partial charge in [-0.05, 0) is 22.1 Å². The van der Waals surface area contributed by atoms with Crippen LogP contribution in [0.3, 0.4) is 0 Å². The fourth-order valence-electron chi connectivity index (χ4n) is 0.704. The van der Waals surface area contributed by atoms with Crippen LogP contribution in [-0.2, 0) is 0 Å². The van der Waals surface area contributed by atoms with Crippen LogP contribution in [0.1, 0.15) is 4.88 Å². The smallest absolute Gasteiger partial charge is 0.0892 e. The molecule has 0 bridgehead atoms. The van der Waals surface area contributed by atoms with E-state index in [0.29, 0.717) is 0 Å². The van der Waals surface area contributed by atoms with Crippen LogP contribution in [0.5, 0.6) is 0 Å². The van der Waals surface area contributed by atoms with Crippen LogP contribution >= 0.6 is 11.3 Å². The number of allylic oxidation sites excluding steroid dienone is 1. The topological polar surface area (TPSA) is 27.0 Å². The van der Waals surface area contributed by atoms with Gasteiger partial charge in [0.1, 0.15) is 11.1 Å². The first-order valence-electron chi connectivity index (χ1n) is 2.61. The molecule has 0 aliphatic carbocycles. The van der Waals surface area contributed by atoms with E-state index >= 15 is 0 Å². The third-order valence-corrected chi connectivity index (χ3v) is 1.89. The highest BCUT2D eigenvalue weighted by molar-refractivity contribution is 7.11. The Balaban J connectivity index is 2.68. The van der Waals surface area contributed by atoms with E-state index in [-0.39, 0.29) is 0 Å². The molecule has 2 heterocycles. The molecular weight excluding hydrogens is 132 g/mol. The molecule has 1 aliphatic rings. The summed E-state index contributed by atoms with van der Waals surface area (Å²) in [6.45, 7) is 0. The molecule has 9 heavy (non-hydrogen) atoms. The lowest BCUT2D eigenvalue weighted by molar-refractivity contribution is 1.25. The summed E-state index contributed by atoms with van der Waals surface area (Å²) in [6, 6.07) is 0. The monoisotopic (exact) mass is 136 g/mol. The largest absolute Gasteiger partial charge is 0.382 e. The van der Waals surface area contributed by atoms with Crippen molar-refractivity contribution in [3.05, 3.63) is 16.5 Å². The number of aliphatic imine (C=N–C) groups is 1. The van der Waals surface area contributed by atoms with Crippen LogP contribution in [0.15, 0.2) is 11.6 Å². The molecule has 2 nitrogen and oxygen atoms in total. The highest BCUT2D eigenvalue weighted by atomic mass is 32.1. The summed E-state index contributed by atoms with van der Waals surface area (Å²) in [6.07, 6.45) is 5.68. The number of aromatic nitrogens is 1. The molecule has 0 spiro atoms. The van der Waals surface area contributed by atoms with Gasteiger partial charge in [0.25, 0.3) is 0 Å². The zero-order valence-electron chi connectivity index (χ0n) is 4.61. The first-order valence-corrected chi connectivity index (χ1v) is 3.49. The van der Waals surface area contributed by atoms with E-state index in [1.54, 1.807) is 23.1 Å². The Morgan fingerprint density at radius 3 is 3.44 bits per heavy atom.